The van der Waals surface area contributed by atoms with Crippen molar-refractivity contribution < 1.29 is 0 Å². The van der Waals surface area contributed by atoms with E-state index in [4.69, 9.17) is 5.73 Å². The first-order chi connectivity index (χ1) is 9.03. The molecular formula is C17H25NS. The first kappa shape index (κ1) is 13.5. The number of hydrogen-bond donors (Lipinski definition) is 1. The van der Waals surface area contributed by atoms with Crippen molar-refractivity contribution in [3.63, 3.8) is 0 Å². The van der Waals surface area contributed by atoms with Crippen LogP contribution in [0.2, 0.25) is 0 Å². The molecule has 1 nitrogen and oxygen atoms in total. The molecule has 1 aromatic carbocycles. The zero-order chi connectivity index (χ0) is 13.5. The molecule has 2 aliphatic rings. The molecule has 2 unspecified atom stereocenters. The largest absolute Gasteiger partial charge is 0.327 e. The van der Waals surface area contributed by atoms with Crippen LogP contribution in [0.25, 0.3) is 0 Å². The smallest absolute Gasteiger partial charge is 0.0251 e. The molecule has 0 amide bonds. The van der Waals surface area contributed by atoms with E-state index in [0.717, 1.165) is 0 Å². The fourth-order valence-corrected chi connectivity index (χ4v) is 5.02. The van der Waals surface area contributed by atoms with Crippen molar-refractivity contribution in [1.29, 1.82) is 0 Å². The van der Waals surface area contributed by atoms with E-state index in [1.165, 1.54) is 43.4 Å². The van der Waals surface area contributed by atoms with Gasteiger partial charge in [-0.1, -0.05) is 19.9 Å². The van der Waals surface area contributed by atoms with Gasteiger partial charge in [-0.3, -0.25) is 0 Å². The molecule has 0 heterocycles. The molecule has 2 aliphatic carbocycles. The maximum absolute atomic E-state index is 6.34. The van der Waals surface area contributed by atoms with Crippen molar-refractivity contribution in [2.75, 3.05) is 0 Å². The van der Waals surface area contributed by atoms with Crippen molar-refractivity contribution in [3.05, 3.63) is 29.3 Å². The second kappa shape index (κ2) is 5.14. The van der Waals surface area contributed by atoms with Crippen LogP contribution in [0.15, 0.2) is 23.1 Å². The van der Waals surface area contributed by atoms with Crippen molar-refractivity contribution in [2.24, 2.45) is 11.1 Å². The molecule has 2 atom stereocenters. The summed E-state index contributed by atoms with van der Waals surface area (Å²) >= 11 is 2.02. The van der Waals surface area contributed by atoms with Gasteiger partial charge in [-0.25, -0.2) is 0 Å². The van der Waals surface area contributed by atoms with Crippen LogP contribution in [0.3, 0.4) is 0 Å². The number of nitrogens with two attached hydrogens (primary N) is 1. The average Bonchev–Trinajstić information content (AvgIpc) is 2.81. The molecule has 1 fully saturated rings. The highest BCUT2D eigenvalue weighted by Gasteiger charge is 2.33. The van der Waals surface area contributed by atoms with Gasteiger partial charge in [-0.15, -0.1) is 11.8 Å². The maximum atomic E-state index is 6.34. The Morgan fingerprint density at radius 2 is 2.00 bits per heavy atom. The standard InChI is InChI=1S/C17H25NS/c1-17(2)9-8-15(18)16(11-17)19-14-7-6-12-4-3-5-13(12)10-14/h6-7,10,15-16H,3-5,8-9,11,18H2,1-2H3. The van der Waals surface area contributed by atoms with Gasteiger partial charge in [0.2, 0.25) is 0 Å². The highest BCUT2D eigenvalue weighted by atomic mass is 32.2. The Labute approximate surface area is 121 Å². The number of rotatable bonds is 2. The van der Waals surface area contributed by atoms with Crippen LogP contribution >= 0.6 is 11.8 Å². The predicted molar refractivity (Wildman–Crippen MR) is 83.7 cm³/mol. The fourth-order valence-electron chi connectivity index (χ4n) is 3.47. The molecule has 2 N–H and O–H groups in total. The average molecular weight is 275 g/mol. The van der Waals surface area contributed by atoms with E-state index in [9.17, 15) is 0 Å². The molecule has 0 bridgehead atoms. The molecule has 1 aromatic rings. The van der Waals surface area contributed by atoms with Gasteiger partial charge in [0.1, 0.15) is 0 Å². The number of benzene rings is 1. The Balaban J connectivity index is 1.73. The van der Waals surface area contributed by atoms with Crippen LogP contribution in [0.1, 0.15) is 50.7 Å². The number of thioether (sulfide) groups is 1. The van der Waals surface area contributed by atoms with Crippen molar-refractivity contribution in [2.45, 2.75) is 68.6 Å². The Hall–Kier alpha value is -0.470. The molecule has 3 rings (SSSR count). The van der Waals surface area contributed by atoms with Gasteiger partial charge in [0.25, 0.3) is 0 Å². The molecule has 0 spiro atoms. The molecule has 0 radical (unpaired) electrons. The van der Waals surface area contributed by atoms with Crippen LogP contribution in [0.5, 0.6) is 0 Å². The third-order valence-corrected chi connectivity index (χ3v) is 6.09. The summed E-state index contributed by atoms with van der Waals surface area (Å²) in [5.74, 6) is 0. The zero-order valence-electron chi connectivity index (χ0n) is 12.1. The first-order valence-electron chi connectivity index (χ1n) is 7.58. The Kier molecular flexibility index (Phi) is 3.65. The summed E-state index contributed by atoms with van der Waals surface area (Å²) in [4.78, 5) is 1.43. The van der Waals surface area contributed by atoms with Crippen molar-refractivity contribution in [1.82, 2.24) is 0 Å². The summed E-state index contributed by atoms with van der Waals surface area (Å²) in [6.45, 7) is 4.77. The molecular weight excluding hydrogens is 250 g/mol. The van der Waals surface area contributed by atoms with Gasteiger partial charge in [0.05, 0.1) is 0 Å². The Morgan fingerprint density at radius 3 is 2.84 bits per heavy atom. The monoisotopic (exact) mass is 275 g/mol. The lowest BCUT2D eigenvalue weighted by molar-refractivity contribution is 0.232. The van der Waals surface area contributed by atoms with E-state index in [2.05, 4.69) is 32.0 Å². The van der Waals surface area contributed by atoms with Gasteiger partial charge in [-0.2, -0.15) is 0 Å². The van der Waals surface area contributed by atoms with Gasteiger partial charge >= 0.3 is 0 Å². The molecule has 0 aromatic heterocycles. The Morgan fingerprint density at radius 1 is 1.21 bits per heavy atom. The highest BCUT2D eigenvalue weighted by molar-refractivity contribution is 8.00. The topological polar surface area (TPSA) is 26.0 Å². The van der Waals surface area contributed by atoms with E-state index in [1.807, 2.05) is 11.8 Å². The van der Waals surface area contributed by atoms with Gasteiger partial charge in [-0.05, 0) is 67.2 Å². The van der Waals surface area contributed by atoms with Crippen molar-refractivity contribution in [3.8, 4) is 0 Å². The molecule has 2 heteroatoms. The lowest BCUT2D eigenvalue weighted by atomic mass is 9.75. The summed E-state index contributed by atoms with van der Waals surface area (Å²) in [7, 11) is 0. The summed E-state index contributed by atoms with van der Waals surface area (Å²) in [6, 6.07) is 7.43. The minimum atomic E-state index is 0.367. The summed E-state index contributed by atoms with van der Waals surface area (Å²) in [5, 5.41) is 0.586. The number of aryl methyl sites for hydroxylation is 2. The second-order valence-corrected chi connectivity index (χ2v) is 8.32. The number of fused-ring (bicyclic) bond motifs is 1. The third-order valence-electron chi connectivity index (χ3n) is 4.74. The Bertz CT molecular complexity index is 466. The quantitative estimate of drug-likeness (QED) is 0.876. The molecule has 0 saturated heterocycles. The lowest BCUT2D eigenvalue weighted by Gasteiger charge is -2.38. The minimum Gasteiger partial charge on any atom is -0.327 e. The van der Waals surface area contributed by atoms with Crippen LogP contribution < -0.4 is 5.73 Å². The van der Waals surface area contributed by atoms with Gasteiger partial charge in [0, 0.05) is 16.2 Å². The van der Waals surface area contributed by atoms with Crippen LogP contribution in [0, 0.1) is 5.41 Å². The van der Waals surface area contributed by atoms with E-state index in [0.29, 0.717) is 16.7 Å². The SMILES string of the molecule is CC1(C)CCC(N)C(Sc2ccc3c(c2)CCC3)C1. The predicted octanol–water partition coefficient (Wildman–Crippen LogP) is 4.17. The summed E-state index contributed by atoms with van der Waals surface area (Å²) in [6.07, 6.45) is 7.57. The molecule has 19 heavy (non-hydrogen) atoms. The van der Waals surface area contributed by atoms with Crippen LogP contribution in [0.4, 0.5) is 0 Å². The second-order valence-electron chi connectivity index (χ2n) is 7.01. The van der Waals surface area contributed by atoms with E-state index >= 15 is 0 Å². The van der Waals surface area contributed by atoms with E-state index in [1.54, 1.807) is 11.1 Å². The first-order valence-corrected chi connectivity index (χ1v) is 8.45. The highest BCUT2D eigenvalue weighted by Crippen LogP contribution is 2.42. The van der Waals surface area contributed by atoms with Gasteiger partial charge in [0.15, 0.2) is 0 Å². The lowest BCUT2D eigenvalue weighted by Crippen LogP contribution is -2.41. The normalized spacial score (nSPS) is 29.2. The van der Waals surface area contributed by atoms with E-state index < -0.39 is 0 Å². The minimum absolute atomic E-state index is 0.367. The zero-order valence-corrected chi connectivity index (χ0v) is 12.9. The summed E-state index contributed by atoms with van der Waals surface area (Å²) < 4.78 is 0. The third kappa shape index (κ3) is 3.00. The summed E-state index contributed by atoms with van der Waals surface area (Å²) in [5.41, 5.74) is 9.95. The molecule has 0 aliphatic heterocycles. The maximum Gasteiger partial charge on any atom is 0.0251 e. The van der Waals surface area contributed by atoms with Crippen LogP contribution in [-0.4, -0.2) is 11.3 Å². The molecule has 1 saturated carbocycles. The van der Waals surface area contributed by atoms with Gasteiger partial charge < -0.3 is 5.73 Å². The van der Waals surface area contributed by atoms with Crippen molar-refractivity contribution >= 4 is 11.8 Å². The fraction of sp³-hybridized carbons (Fsp3) is 0.647. The van der Waals surface area contributed by atoms with Crippen LogP contribution in [-0.2, 0) is 12.8 Å². The number of hydrogen-bond acceptors (Lipinski definition) is 2. The molecule has 104 valence electrons. The van der Waals surface area contributed by atoms with E-state index in [-0.39, 0.29) is 0 Å².